The topological polar surface area (TPSA) is 53.9 Å². The Morgan fingerprint density at radius 2 is 1.88 bits per heavy atom. The van der Waals surface area contributed by atoms with Crippen LogP contribution in [0, 0.1) is 5.82 Å². The van der Waals surface area contributed by atoms with E-state index in [2.05, 4.69) is 17.4 Å². The molecular weight excluding hydrogens is 333 g/mol. The van der Waals surface area contributed by atoms with Gasteiger partial charge in [0, 0.05) is 18.8 Å². The molecule has 1 aliphatic heterocycles. The molecular formula is C20H23FN3O2+. The molecule has 1 atom stereocenters. The van der Waals surface area contributed by atoms with Crippen molar-refractivity contribution in [2.24, 2.45) is 0 Å². The summed E-state index contributed by atoms with van der Waals surface area (Å²) in [5.41, 5.74) is 2.90. The van der Waals surface area contributed by atoms with E-state index in [9.17, 15) is 14.0 Å². The first-order valence-electron chi connectivity index (χ1n) is 8.72. The monoisotopic (exact) mass is 356 g/mol. The van der Waals surface area contributed by atoms with E-state index in [4.69, 9.17) is 0 Å². The Morgan fingerprint density at radius 1 is 1.12 bits per heavy atom. The van der Waals surface area contributed by atoms with Crippen molar-refractivity contribution in [1.29, 1.82) is 0 Å². The molecule has 0 radical (unpaired) electrons. The van der Waals surface area contributed by atoms with Crippen molar-refractivity contribution in [3.63, 3.8) is 0 Å². The standard InChI is InChI=1S/C20H22FN3O2/c1-23(13-19(25)22-18-8-4-7-17(21)11-18)14-20(26)24-10-9-15-5-2-3-6-16(15)12-24/h2-8,11H,9-10,12-14H2,1H3,(H,22,25)/p+1. The molecule has 1 unspecified atom stereocenters. The van der Waals surface area contributed by atoms with E-state index >= 15 is 0 Å². The molecule has 0 aromatic heterocycles. The molecule has 1 aliphatic rings. The van der Waals surface area contributed by atoms with Gasteiger partial charge in [0.2, 0.25) is 0 Å². The van der Waals surface area contributed by atoms with E-state index in [0.717, 1.165) is 11.3 Å². The highest BCUT2D eigenvalue weighted by atomic mass is 19.1. The smallest absolute Gasteiger partial charge is 0.279 e. The Balaban J connectivity index is 1.49. The molecule has 6 heteroatoms. The lowest BCUT2D eigenvalue weighted by Gasteiger charge is -2.29. The van der Waals surface area contributed by atoms with E-state index in [1.165, 1.54) is 23.3 Å². The third-order valence-electron chi connectivity index (χ3n) is 4.51. The number of nitrogens with one attached hydrogen (secondary N) is 2. The Labute approximate surface area is 152 Å². The zero-order valence-corrected chi connectivity index (χ0v) is 14.8. The van der Waals surface area contributed by atoms with Gasteiger partial charge in [-0.3, -0.25) is 9.59 Å². The Kier molecular flexibility index (Phi) is 5.63. The number of hydrogen-bond donors (Lipinski definition) is 2. The summed E-state index contributed by atoms with van der Waals surface area (Å²) >= 11 is 0. The van der Waals surface area contributed by atoms with Gasteiger partial charge >= 0.3 is 0 Å². The summed E-state index contributed by atoms with van der Waals surface area (Å²) in [6.07, 6.45) is 0.862. The molecule has 0 saturated carbocycles. The van der Waals surface area contributed by atoms with Crippen molar-refractivity contribution in [2.45, 2.75) is 13.0 Å². The maximum atomic E-state index is 13.2. The molecule has 0 bridgehead atoms. The molecule has 2 N–H and O–H groups in total. The van der Waals surface area contributed by atoms with Crippen molar-refractivity contribution < 1.29 is 18.9 Å². The summed E-state index contributed by atoms with van der Waals surface area (Å²) in [5, 5.41) is 2.65. The largest absolute Gasteiger partial charge is 0.333 e. The van der Waals surface area contributed by atoms with E-state index in [-0.39, 0.29) is 24.9 Å². The predicted molar refractivity (Wildman–Crippen MR) is 97.2 cm³/mol. The Bertz CT molecular complexity index is 809. The van der Waals surface area contributed by atoms with Crippen molar-refractivity contribution in [2.75, 3.05) is 32.0 Å². The van der Waals surface area contributed by atoms with Gasteiger partial charge in [0.15, 0.2) is 13.1 Å². The SMILES string of the molecule is C[NH+](CC(=O)Nc1cccc(F)c1)CC(=O)N1CCc2ccccc2C1. The molecule has 26 heavy (non-hydrogen) atoms. The van der Waals surface area contributed by atoms with Crippen molar-refractivity contribution in [3.05, 3.63) is 65.5 Å². The molecule has 0 spiro atoms. The van der Waals surface area contributed by atoms with E-state index in [1.807, 2.05) is 17.0 Å². The van der Waals surface area contributed by atoms with Crippen LogP contribution in [0.3, 0.4) is 0 Å². The molecule has 5 nitrogen and oxygen atoms in total. The van der Waals surface area contributed by atoms with Crippen LogP contribution >= 0.6 is 0 Å². The summed E-state index contributed by atoms with van der Waals surface area (Å²) in [6, 6.07) is 13.9. The second-order valence-electron chi connectivity index (χ2n) is 6.70. The minimum absolute atomic E-state index is 0.0376. The predicted octanol–water partition coefficient (Wildman–Crippen LogP) is 0.864. The average molecular weight is 356 g/mol. The number of carbonyl (C=O) groups is 2. The van der Waals surface area contributed by atoms with Gasteiger partial charge in [-0.25, -0.2) is 4.39 Å². The van der Waals surface area contributed by atoms with Gasteiger partial charge in [-0.15, -0.1) is 0 Å². The molecule has 0 aliphatic carbocycles. The maximum Gasteiger partial charge on any atom is 0.279 e. The lowest BCUT2D eigenvalue weighted by Crippen LogP contribution is -3.11. The highest BCUT2D eigenvalue weighted by molar-refractivity contribution is 5.91. The Hall–Kier alpha value is -2.73. The fourth-order valence-electron chi connectivity index (χ4n) is 3.19. The van der Waals surface area contributed by atoms with Crippen LogP contribution < -0.4 is 10.2 Å². The first-order chi connectivity index (χ1) is 12.5. The number of benzene rings is 2. The number of fused-ring (bicyclic) bond motifs is 1. The molecule has 2 aromatic rings. The number of halogens is 1. The molecule has 2 amide bonds. The molecule has 2 aromatic carbocycles. The third-order valence-corrected chi connectivity index (χ3v) is 4.51. The number of anilines is 1. The van der Waals surface area contributed by atoms with Crippen LogP contribution in [0.15, 0.2) is 48.5 Å². The zero-order valence-electron chi connectivity index (χ0n) is 14.8. The highest BCUT2D eigenvalue weighted by Gasteiger charge is 2.23. The minimum atomic E-state index is -0.399. The van der Waals surface area contributed by atoms with E-state index < -0.39 is 5.82 Å². The minimum Gasteiger partial charge on any atom is -0.333 e. The number of hydrogen-bond acceptors (Lipinski definition) is 2. The highest BCUT2D eigenvalue weighted by Crippen LogP contribution is 2.18. The summed E-state index contributed by atoms with van der Waals surface area (Å²) in [7, 11) is 1.81. The van der Waals surface area contributed by atoms with E-state index in [1.54, 1.807) is 19.2 Å². The fraction of sp³-hybridized carbons (Fsp3) is 0.300. The summed E-state index contributed by atoms with van der Waals surface area (Å²) in [4.78, 5) is 27.2. The molecule has 0 fully saturated rings. The zero-order chi connectivity index (χ0) is 18.5. The molecule has 136 valence electrons. The second-order valence-corrected chi connectivity index (χ2v) is 6.70. The first-order valence-corrected chi connectivity index (χ1v) is 8.72. The number of likely N-dealkylation sites (N-methyl/N-ethyl adjacent to an activating group) is 1. The lowest BCUT2D eigenvalue weighted by atomic mass is 10.00. The van der Waals surface area contributed by atoms with Crippen LogP contribution in [0.4, 0.5) is 10.1 Å². The normalized spacial score (nSPS) is 14.5. The first kappa shape index (κ1) is 18.1. The number of quaternary nitrogens is 1. The van der Waals surface area contributed by atoms with Crippen LogP contribution in [0.5, 0.6) is 0 Å². The second kappa shape index (κ2) is 8.10. The van der Waals surface area contributed by atoms with Crippen LogP contribution in [0.25, 0.3) is 0 Å². The average Bonchev–Trinajstić information content (AvgIpc) is 2.61. The molecule has 3 rings (SSSR count). The number of nitrogens with zero attached hydrogens (tertiary/aromatic N) is 1. The van der Waals surface area contributed by atoms with Gasteiger partial charge in [-0.1, -0.05) is 30.3 Å². The van der Waals surface area contributed by atoms with Crippen LogP contribution in [0.1, 0.15) is 11.1 Å². The lowest BCUT2D eigenvalue weighted by molar-refractivity contribution is -0.862. The van der Waals surface area contributed by atoms with Gasteiger partial charge in [0.05, 0.1) is 7.05 Å². The van der Waals surface area contributed by atoms with E-state index in [0.29, 0.717) is 18.8 Å². The van der Waals surface area contributed by atoms with Gasteiger partial charge in [0.25, 0.3) is 11.8 Å². The number of amides is 2. The Morgan fingerprint density at radius 3 is 2.65 bits per heavy atom. The number of rotatable bonds is 5. The molecule has 1 heterocycles. The summed E-state index contributed by atoms with van der Waals surface area (Å²) in [5.74, 6) is -0.607. The van der Waals surface area contributed by atoms with Crippen LogP contribution in [0.2, 0.25) is 0 Å². The van der Waals surface area contributed by atoms with Crippen molar-refractivity contribution in [1.82, 2.24) is 4.90 Å². The van der Waals surface area contributed by atoms with Gasteiger partial charge in [0.1, 0.15) is 5.82 Å². The van der Waals surface area contributed by atoms with Crippen molar-refractivity contribution in [3.8, 4) is 0 Å². The van der Waals surface area contributed by atoms with Crippen molar-refractivity contribution >= 4 is 17.5 Å². The maximum absolute atomic E-state index is 13.2. The van der Waals surface area contributed by atoms with Gasteiger partial charge in [-0.2, -0.15) is 0 Å². The van der Waals surface area contributed by atoms with Crippen LogP contribution in [-0.2, 0) is 22.6 Å². The molecule has 0 saturated heterocycles. The fourth-order valence-corrected chi connectivity index (χ4v) is 3.19. The van der Waals surface area contributed by atoms with Crippen LogP contribution in [-0.4, -0.2) is 43.4 Å². The number of carbonyl (C=O) groups excluding carboxylic acids is 2. The van der Waals surface area contributed by atoms with Gasteiger partial charge in [-0.05, 0) is 35.7 Å². The quantitative estimate of drug-likeness (QED) is 0.835. The van der Waals surface area contributed by atoms with Gasteiger partial charge < -0.3 is 15.1 Å². The summed E-state index contributed by atoms with van der Waals surface area (Å²) < 4.78 is 13.2. The third kappa shape index (κ3) is 4.67. The summed E-state index contributed by atoms with van der Waals surface area (Å²) in [6.45, 7) is 1.72.